The monoisotopic (exact) mass is 202 g/mol. The molecule has 1 aromatic carbocycles. The lowest BCUT2D eigenvalue weighted by atomic mass is 10.00. The van der Waals surface area contributed by atoms with Crippen molar-refractivity contribution in [2.75, 3.05) is 0 Å². The molecule has 68 valence electrons. The van der Waals surface area contributed by atoms with E-state index in [-0.39, 0.29) is 9.90 Å². The molecular formula is C10H16ClP. The highest BCUT2D eigenvalue weighted by Gasteiger charge is 2.01. The predicted octanol–water partition coefficient (Wildman–Crippen LogP) is 3.41. The minimum absolute atomic E-state index is 0. The van der Waals surface area contributed by atoms with Crippen molar-refractivity contribution in [1.29, 1.82) is 0 Å². The topological polar surface area (TPSA) is 0 Å². The maximum atomic E-state index is 5.76. The lowest BCUT2D eigenvalue weighted by Crippen LogP contribution is -1.91. The average molecular weight is 203 g/mol. The van der Waals surface area contributed by atoms with Gasteiger partial charge in [0.15, 0.2) is 0 Å². The molecule has 0 nitrogen and oxygen atoms in total. The van der Waals surface area contributed by atoms with Crippen molar-refractivity contribution in [2.45, 2.75) is 26.7 Å². The van der Waals surface area contributed by atoms with Crippen LogP contribution in [0.5, 0.6) is 0 Å². The minimum atomic E-state index is 0. The van der Waals surface area contributed by atoms with Crippen molar-refractivity contribution in [3.05, 3.63) is 34.4 Å². The van der Waals surface area contributed by atoms with E-state index in [0.29, 0.717) is 5.88 Å². The van der Waals surface area contributed by atoms with Gasteiger partial charge in [0.1, 0.15) is 0 Å². The molecule has 0 bridgehead atoms. The fraction of sp³-hybridized carbons (Fsp3) is 0.400. The van der Waals surface area contributed by atoms with Gasteiger partial charge >= 0.3 is 0 Å². The van der Waals surface area contributed by atoms with Gasteiger partial charge in [-0.15, -0.1) is 11.6 Å². The lowest BCUT2D eigenvalue weighted by Gasteiger charge is -2.07. The van der Waals surface area contributed by atoms with Crippen LogP contribution in [0.15, 0.2) is 12.1 Å². The van der Waals surface area contributed by atoms with Gasteiger partial charge in [0.25, 0.3) is 0 Å². The Hall–Kier alpha value is -0.0600. The van der Waals surface area contributed by atoms with Gasteiger partial charge in [-0.2, -0.15) is 9.90 Å². The van der Waals surface area contributed by atoms with Crippen molar-refractivity contribution in [3.63, 3.8) is 0 Å². The van der Waals surface area contributed by atoms with Gasteiger partial charge in [0.2, 0.25) is 0 Å². The molecule has 0 aromatic heterocycles. The summed E-state index contributed by atoms with van der Waals surface area (Å²) in [7, 11) is 0. The molecule has 2 heteroatoms. The number of hydrogen-bond acceptors (Lipinski definition) is 0. The van der Waals surface area contributed by atoms with Crippen LogP contribution in [0, 0.1) is 20.8 Å². The third-order valence-electron chi connectivity index (χ3n) is 2.31. The van der Waals surface area contributed by atoms with Crippen LogP contribution >= 0.6 is 21.5 Å². The molecule has 0 heterocycles. The quantitative estimate of drug-likeness (QED) is 0.484. The molecular weight excluding hydrogens is 187 g/mol. The summed E-state index contributed by atoms with van der Waals surface area (Å²) in [5.74, 6) is 0.618. The Morgan fingerprint density at radius 3 is 2.17 bits per heavy atom. The number of benzene rings is 1. The van der Waals surface area contributed by atoms with E-state index in [0.717, 1.165) is 0 Å². The first-order valence-corrected chi connectivity index (χ1v) is 4.32. The Bertz CT molecular complexity index is 269. The van der Waals surface area contributed by atoms with Gasteiger partial charge < -0.3 is 0 Å². The van der Waals surface area contributed by atoms with Crippen molar-refractivity contribution in [1.82, 2.24) is 0 Å². The molecule has 0 amide bonds. The van der Waals surface area contributed by atoms with Crippen LogP contribution in [0.25, 0.3) is 0 Å². The third-order valence-corrected chi connectivity index (χ3v) is 2.60. The summed E-state index contributed by atoms with van der Waals surface area (Å²) in [5, 5.41) is 0. The van der Waals surface area contributed by atoms with E-state index >= 15 is 0 Å². The number of alkyl halides is 1. The molecule has 1 unspecified atom stereocenters. The third kappa shape index (κ3) is 2.21. The zero-order chi connectivity index (χ0) is 8.43. The Morgan fingerprint density at radius 2 is 1.67 bits per heavy atom. The molecule has 0 fully saturated rings. The summed E-state index contributed by atoms with van der Waals surface area (Å²) >= 11 is 5.76. The molecule has 12 heavy (non-hydrogen) atoms. The fourth-order valence-corrected chi connectivity index (χ4v) is 1.45. The summed E-state index contributed by atoms with van der Waals surface area (Å²) in [6.45, 7) is 6.39. The van der Waals surface area contributed by atoms with E-state index in [1.807, 2.05) is 0 Å². The number of aryl methyl sites for hydroxylation is 1. The van der Waals surface area contributed by atoms with E-state index < -0.39 is 0 Å². The van der Waals surface area contributed by atoms with Crippen LogP contribution in [0.2, 0.25) is 0 Å². The standard InChI is InChI=1S/C10H13Cl.H3P/c1-7-4-5-10(6-11)9(3)8(7)2;/h4-5H,6H2,1-3H3;1H3. The normalized spacial score (nSPS) is 9.33. The molecule has 0 N–H and O–H groups in total. The first-order chi connectivity index (χ1) is 5.16. The SMILES string of the molecule is Cc1ccc(CCl)c(C)c1C.P. The van der Waals surface area contributed by atoms with Crippen LogP contribution in [-0.2, 0) is 5.88 Å². The van der Waals surface area contributed by atoms with Gasteiger partial charge in [0, 0.05) is 5.88 Å². The maximum Gasteiger partial charge on any atom is 0.0476 e. The number of halogens is 1. The smallest absolute Gasteiger partial charge is 0.0476 e. The Kier molecular flexibility index (Phi) is 4.82. The highest BCUT2D eigenvalue weighted by atomic mass is 35.5. The lowest BCUT2D eigenvalue weighted by molar-refractivity contribution is 1.20. The van der Waals surface area contributed by atoms with Gasteiger partial charge in [-0.05, 0) is 43.0 Å². The first kappa shape index (κ1) is 11.9. The van der Waals surface area contributed by atoms with E-state index in [4.69, 9.17) is 11.6 Å². The fourth-order valence-electron chi connectivity index (χ4n) is 1.16. The van der Waals surface area contributed by atoms with E-state index in [9.17, 15) is 0 Å². The highest BCUT2D eigenvalue weighted by Crippen LogP contribution is 2.18. The predicted molar refractivity (Wildman–Crippen MR) is 61.3 cm³/mol. The molecule has 0 aliphatic rings. The second-order valence-corrected chi connectivity index (χ2v) is 3.19. The largest absolute Gasteiger partial charge is 0.153 e. The highest BCUT2D eigenvalue weighted by molar-refractivity contribution is 6.92. The van der Waals surface area contributed by atoms with Gasteiger partial charge in [0.05, 0.1) is 0 Å². The van der Waals surface area contributed by atoms with Crippen molar-refractivity contribution < 1.29 is 0 Å². The van der Waals surface area contributed by atoms with E-state index in [1.165, 1.54) is 22.3 Å². The molecule has 0 aliphatic carbocycles. The molecule has 0 aliphatic heterocycles. The molecule has 0 saturated heterocycles. The van der Waals surface area contributed by atoms with Crippen LogP contribution in [0.3, 0.4) is 0 Å². The molecule has 1 rings (SSSR count). The van der Waals surface area contributed by atoms with Gasteiger partial charge in [-0.3, -0.25) is 0 Å². The first-order valence-electron chi connectivity index (χ1n) is 3.78. The van der Waals surface area contributed by atoms with Crippen molar-refractivity contribution in [2.24, 2.45) is 0 Å². The Morgan fingerprint density at radius 1 is 1.08 bits per heavy atom. The summed E-state index contributed by atoms with van der Waals surface area (Å²) in [4.78, 5) is 0. The van der Waals surface area contributed by atoms with Gasteiger partial charge in [-0.1, -0.05) is 12.1 Å². The van der Waals surface area contributed by atoms with Crippen LogP contribution in [0.4, 0.5) is 0 Å². The summed E-state index contributed by atoms with van der Waals surface area (Å²) in [5.41, 5.74) is 5.29. The second kappa shape index (κ2) is 4.84. The Balaban J connectivity index is 0.00000121. The zero-order valence-corrected chi connectivity index (χ0v) is 10.1. The maximum absolute atomic E-state index is 5.76. The minimum Gasteiger partial charge on any atom is -0.153 e. The molecule has 0 radical (unpaired) electrons. The van der Waals surface area contributed by atoms with Crippen LogP contribution in [0.1, 0.15) is 22.3 Å². The zero-order valence-electron chi connectivity index (χ0n) is 7.95. The van der Waals surface area contributed by atoms with E-state index in [1.54, 1.807) is 0 Å². The second-order valence-electron chi connectivity index (χ2n) is 2.93. The summed E-state index contributed by atoms with van der Waals surface area (Å²) < 4.78 is 0. The number of rotatable bonds is 1. The molecule has 1 aromatic rings. The molecule has 0 spiro atoms. The summed E-state index contributed by atoms with van der Waals surface area (Å²) in [6, 6.07) is 4.23. The van der Waals surface area contributed by atoms with Gasteiger partial charge in [-0.25, -0.2) is 0 Å². The van der Waals surface area contributed by atoms with E-state index in [2.05, 4.69) is 32.9 Å². The van der Waals surface area contributed by atoms with Crippen LogP contribution < -0.4 is 0 Å². The summed E-state index contributed by atoms with van der Waals surface area (Å²) in [6.07, 6.45) is 0. The van der Waals surface area contributed by atoms with Crippen LogP contribution in [-0.4, -0.2) is 0 Å². The van der Waals surface area contributed by atoms with Crippen molar-refractivity contribution >= 4 is 21.5 Å². The average Bonchev–Trinajstić information content (AvgIpc) is 2.01. The Labute approximate surface area is 82.9 Å². The van der Waals surface area contributed by atoms with Crippen molar-refractivity contribution in [3.8, 4) is 0 Å². The molecule has 0 saturated carbocycles. The molecule has 1 atom stereocenters. The number of hydrogen-bond donors (Lipinski definition) is 0.